The van der Waals surface area contributed by atoms with Crippen molar-refractivity contribution in [1.82, 2.24) is 10.2 Å². The Hall–Kier alpha value is -1.56. The van der Waals surface area contributed by atoms with Gasteiger partial charge in [-0.2, -0.15) is 13.2 Å². The monoisotopic (exact) mass is 300 g/mol. The van der Waals surface area contributed by atoms with Gasteiger partial charge in [-0.25, -0.2) is 0 Å². The number of carbonyl (C=O) groups excluding carboxylic acids is 1. The van der Waals surface area contributed by atoms with Crippen LogP contribution in [0.4, 0.5) is 13.2 Å². The van der Waals surface area contributed by atoms with Gasteiger partial charge in [0.05, 0.1) is 5.56 Å². The molecule has 1 atom stereocenters. The number of nitrogens with one attached hydrogen (secondary N) is 1. The van der Waals surface area contributed by atoms with Crippen LogP contribution in [-0.4, -0.2) is 30.9 Å². The maximum Gasteiger partial charge on any atom is 0.416 e. The van der Waals surface area contributed by atoms with Gasteiger partial charge in [-0.1, -0.05) is 12.1 Å². The van der Waals surface area contributed by atoms with Crippen LogP contribution in [0.1, 0.15) is 24.0 Å². The molecule has 1 saturated heterocycles. The highest BCUT2D eigenvalue weighted by atomic mass is 19.4. The summed E-state index contributed by atoms with van der Waals surface area (Å²) < 4.78 is 37.4. The second-order valence-electron chi connectivity index (χ2n) is 5.51. The second kappa shape index (κ2) is 6.47. The largest absolute Gasteiger partial charge is 0.416 e. The van der Waals surface area contributed by atoms with Crippen molar-refractivity contribution in [3.63, 3.8) is 0 Å². The summed E-state index contributed by atoms with van der Waals surface area (Å²) in [7, 11) is 1.68. The Morgan fingerprint density at radius 3 is 2.52 bits per heavy atom. The third-order valence-electron chi connectivity index (χ3n) is 3.75. The molecule has 1 aliphatic heterocycles. The van der Waals surface area contributed by atoms with Crippen molar-refractivity contribution in [2.45, 2.75) is 25.6 Å². The minimum atomic E-state index is -4.32. The second-order valence-corrected chi connectivity index (χ2v) is 5.51. The van der Waals surface area contributed by atoms with E-state index in [0.717, 1.165) is 31.6 Å². The summed E-state index contributed by atoms with van der Waals surface area (Å²) in [5.41, 5.74) is 0.0284. The number of rotatable bonds is 4. The number of halogens is 3. The molecular formula is C15H19F3N2O. The molecule has 21 heavy (non-hydrogen) atoms. The number of hydrogen-bond acceptors (Lipinski definition) is 2. The van der Waals surface area contributed by atoms with Crippen LogP contribution < -0.4 is 5.32 Å². The van der Waals surface area contributed by atoms with E-state index in [-0.39, 0.29) is 5.91 Å². The average molecular weight is 300 g/mol. The van der Waals surface area contributed by atoms with E-state index in [1.165, 1.54) is 12.1 Å². The Labute approximate surface area is 122 Å². The summed E-state index contributed by atoms with van der Waals surface area (Å²) >= 11 is 0. The number of nitrogens with zero attached hydrogens (tertiary/aromatic N) is 1. The molecule has 6 heteroatoms. The first-order valence-corrected chi connectivity index (χ1v) is 6.97. The molecule has 1 N–H and O–H groups in total. The van der Waals surface area contributed by atoms with E-state index in [2.05, 4.69) is 5.32 Å². The van der Waals surface area contributed by atoms with Crippen LogP contribution in [0.15, 0.2) is 24.3 Å². The predicted octanol–water partition coefficient (Wildman–Crippen LogP) is 2.66. The van der Waals surface area contributed by atoms with E-state index in [4.69, 9.17) is 0 Å². The van der Waals surface area contributed by atoms with Gasteiger partial charge in [-0.15, -0.1) is 0 Å². The first-order valence-electron chi connectivity index (χ1n) is 6.97. The normalized spacial score (nSPS) is 18.8. The molecule has 0 saturated carbocycles. The number of hydrogen-bond donors (Lipinski definition) is 1. The molecule has 2 rings (SSSR count). The molecule has 0 radical (unpaired) electrons. The molecule has 1 heterocycles. The van der Waals surface area contributed by atoms with Crippen LogP contribution >= 0.6 is 0 Å². The van der Waals surface area contributed by atoms with E-state index in [1.54, 1.807) is 11.9 Å². The number of amides is 1. The quantitative estimate of drug-likeness (QED) is 0.927. The van der Waals surface area contributed by atoms with E-state index in [1.807, 2.05) is 0 Å². The lowest BCUT2D eigenvalue weighted by atomic mass is 10.0. The van der Waals surface area contributed by atoms with Gasteiger partial charge in [0.1, 0.15) is 0 Å². The summed E-state index contributed by atoms with van der Waals surface area (Å²) in [5.74, 6) is 0.399. The first-order chi connectivity index (χ1) is 9.86. The SMILES string of the molecule is CN(Cc1ccc(C(F)(F)F)cc1)C(=O)CC1CCNC1. The fourth-order valence-corrected chi connectivity index (χ4v) is 2.45. The molecule has 0 aliphatic carbocycles. The number of alkyl halides is 3. The van der Waals surface area contributed by atoms with Gasteiger partial charge in [0.15, 0.2) is 0 Å². The van der Waals surface area contributed by atoms with Crippen molar-refractivity contribution in [1.29, 1.82) is 0 Å². The first kappa shape index (κ1) is 15.8. The van der Waals surface area contributed by atoms with Crippen LogP contribution in [0.3, 0.4) is 0 Å². The molecule has 0 spiro atoms. The molecule has 1 unspecified atom stereocenters. The van der Waals surface area contributed by atoms with Crippen molar-refractivity contribution in [2.75, 3.05) is 20.1 Å². The molecule has 1 aromatic rings. The Morgan fingerprint density at radius 2 is 2.00 bits per heavy atom. The Balaban J connectivity index is 1.89. The Bertz CT molecular complexity index is 479. The van der Waals surface area contributed by atoms with E-state index < -0.39 is 11.7 Å². The van der Waals surface area contributed by atoms with Crippen LogP contribution in [0, 0.1) is 5.92 Å². The van der Waals surface area contributed by atoms with Crippen molar-refractivity contribution >= 4 is 5.91 Å². The lowest BCUT2D eigenvalue weighted by Crippen LogP contribution is -2.28. The van der Waals surface area contributed by atoms with Crippen LogP contribution in [0.5, 0.6) is 0 Å². The molecule has 1 aliphatic rings. The maximum atomic E-state index is 12.5. The van der Waals surface area contributed by atoms with E-state index in [0.29, 0.717) is 24.4 Å². The van der Waals surface area contributed by atoms with Gasteiger partial charge in [0, 0.05) is 20.0 Å². The summed E-state index contributed by atoms with van der Waals surface area (Å²) in [5, 5.41) is 3.21. The van der Waals surface area contributed by atoms with Crippen LogP contribution in [0.25, 0.3) is 0 Å². The highest BCUT2D eigenvalue weighted by Gasteiger charge is 2.30. The van der Waals surface area contributed by atoms with Crippen LogP contribution in [0.2, 0.25) is 0 Å². The summed E-state index contributed by atoms with van der Waals surface area (Å²) in [6, 6.07) is 4.94. The Morgan fingerprint density at radius 1 is 1.33 bits per heavy atom. The van der Waals surface area contributed by atoms with Gasteiger partial charge in [0.2, 0.25) is 5.91 Å². The highest BCUT2D eigenvalue weighted by molar-refractivity contribution is 5.76. The minimum absolute atomic E-state index is 0.0311. The average Bonchev–Trinajstić information content (AvgIpc) is 2.91. The zero-order valence-corrected chi connectivity index (χ0v) is 11.9. The maximum absolute atomic E-state index is 12.5. The standard InChI is InChI=1S/C15H19F3N2O/c1-20(14(21)8-12-6-7-19-9-12)10-11-2-4-13(5-3-11)15(16,17)18/h2-5,12,19H,6-10H2,1H3. The van der Waals surface area contributed by atoms with Crippen molar-refractivity contribution in [2.24, 2.45) is 5.92 Å². The zero-order chi connectivity index (χ0) is 15.5. The number of carbonyl (C=O) groups is 1. The van der Waals surface area contributed by atoms with Gasteiger partial charge >= 0.3 is 6.18 Å². The smallest absolute Gasteiger partial charge is 0.341 e. The Kier molecular flexibility index (Phi) is 4.88. The summed E-state index contributed by atoms with van der Waals surface area (Å²) in [4.78, 5) is 13.6. The molecule has 0 aromatic heterocycles. The predicted molar refractivity (Wildman–Crippen MR) is 73.5 cm³/mol. The molecular weight excluding hydrogens is 281 g/mol. The van der Waals surface area contributed by atoms with Gasteiger partial charge < -0.3 is 10.2 Å². The van der Waals surface area contributed by atoms with Gasteiger partial charge in [-0.3, -0.25) is 4.79 Å². The summed E-state index contributed by atoms with van der Waals surface area (Å²) in [6.45, 7) is 2.14. The lowest BCUT2D eigenvalue weighted by Gasteiger charge is -2.19. The molecule has 0 bridgehead atoms. The van der Waals surface area contributed by atoms with Crippen molar-refractivity contribution < 1.29 is 18.0 Å². The topological polar surface area (TPSA) is 32.3 Å². The van der Waals surface area contributed by atoms with E-state index in [9.17, 15) is 18.0 Å². The molecule has 1 aromatic carbocycles. The third kappa shape index (κ3) is 4.46. The van der Waals surface area contributed by atoms with Crippen molar-refractivity contribution in [3.05, 3.63) is 35.4 Å². The minimum Gasteiger partial charge on any atom is -0.341 e. The fraction of sp³-hybridized carbons (Fsp3) is 0.533. The number of benzene rings is 1. The fourth-order valence-electron chi connectivity index (χ4n) is 2.45. The molecule has 3 nitrogen and oxygen atoms in total. The zero-order valence-electron chi connectivity index (χ0n) is 11.9. The van der Waals surface area contributed by atoms with Gasteiger partial charge in [0.25, 0.3) is 0 Å². The highest BCUT2D eigenvalue weighted by Crippen LogP contribution is 2.29. The molecule has 1 fully saturated rings. The molecule has 116 valence electrons. The molecule has 1 amide bonds. The van der Waals surface area contributed by atoms with Gasteiger partial charge in [-0.05, 0) is 43.1 Å². The van der Waals surface area contributed by atoms with Crippen LogP contribution in [-0.2, 0) is 17.5 Å². The summed E-state index contributed by atoms with van der Waals surface area (Å²) in [6.07, 6.45) is -2.83. The third-order valence-corrected chi connectivity index (χ3v) is 3.75. The van der Waals surface area contributed by atoms with E-state index >= 15 is 0 Å². The lowest BCUT2D eigenvalue weighted by molar-refractivity contribution is -0.137. The van der Waals surface area contributed by atoms with Crippen molar-refractivity contribution in [3.8, 4) is 0 Å².